The number of rotatable bonds is 9. The number of carbonyl (C=O) groups is 1. The SMILES string of the molecule is CSc1nc(C)c(CCC(=O)NCCCSc2ccc(F)cc2)c(=O)[nH]1. The van der Waals surface area contributed by atoms with Crippen LogP contribution in [0.4, 0.5) is 4.39 Å². The van der Waals surface area contributed by atoms with E-state index in [1.54, 1.807) is 30.8 Å². The van der Waals surface area contributed by atoms with Gasteiger partial charge in [0.05, 0.1) is 0 Å². The van der Waals surface area contributed by atoms with Crippen molar-refractivity contribution in [3.8, 4) is 0 Å². The highest BCUT2D eigenvalue weighted by Gasteiger charge is 2.10. The maximum atomic E-state index is 12.8. The molecule has 1 aromatic heterocycles. The molecule has 0 aliphatic rings. The van der Waals surface area contributed by atoms with Gasteiger partial charge in [-0.2, -0.15) is 0 Å². The third-order valence-electron chi connectivity index (χ3n) is 3.72. The third kappa shape index (κ3) is 6.49. The standard InChI is InChI=1S/C18H22FN3O2S2/c1-12-15(17(24)22-18(21-12)25-2)8-9-16(23)20-10-3-11-26-14-6-4-13(19)5-7-14/h4-7H,3,8-11H2,1-2H3,(H,20,23)(H,21,22,24). The van der Waals surface area contributed by atoms with Crippen LogP contribution < -0.4 is 10.9 Å². The maximum Gasteiger partial charge on any atom is 0.254 e. The Labute approximate surface area is 160 Å². The minimum Gasteiger partial charge on any atom is -0.356 e. The Morgan fingerprint density at radius 2 is 2.04 bits per heavy atom. The van der Waals surface area contributed by atoms with Crippen molar-refractivity contribution in [3.63, 3.8) is 0 Å². The van der Waals surface area contributed by atoms with Crippen LogP contribution in [0.3, 0.4) is 0 Å². The zero-order valence-corrected chi connectivity index (χ0v) is 16.4. The van der Waals surface area contributed by atoms with Gasteiger partial charge in [-0.3, -0.25) is 9.59 Å². The zero-order valence-electron chi connectivity index (χ0n) is 14.8. The number of aryl methyl sites for hydroxylation is 1. The minimum atomic E-state index is -0.242. The van der Waals surface area contributed by atoms with Gasteiger partial charge in [0.25, 0.3) is 5.56 Å². The molecule has 140 valence electrons. The minimum absolute atomic E-state index is 0.0791. The average Bonchev–Trinajstić information content (AvgIpc) is 2.62. The van der Waals surface area contributed by atoms with E-state index in [9.17, 15) is 14.0 Å². The molecular formula is C18H22FN3O2S2. The summed E-state index contributed by atoms with van der Waals surface area (Å²) in [7, 11) is 0. The predicted octanol–water partition coefficient (Wildman–Crippen LogP) is 3.17. The lowest BCUT2D eigenvalue weighted by Crippen LogP contribution is -2.26. The van der Waals surface area contributed by atoms with E-state index in [1.165, 1.54) is 23.9 Å². The number of aromatic nitrogens is 2. The van der Waals surface area contributed by atoms with Gasteiger partial charge in [0.1, 0.15) is 5.82 Å². The van der Waals surface area contributed by atoms with E-state index < -0.39 is 0 Å². The van der Waals surface area contributed by atoms with E-state index in [1.807, 2.05) is 6.26 Å². The van der Waals surface area contributed by atoms with Crippen LogP contribution >= 0.6 is 23.5 Å². The van der Waals surface area contributed by atoms with Gasteiger partial charge in [0.15, 0.2) is 5.16 Å². The number of amides is 1. The Kier molecular flexibility index (Phi) is 8.18. The summed E-state index contributed by atoms with van der Waals surface area (Å²) >= 11 is 3.00. The van der Waals surface area contributed by atoms with Crippen LogP contribution in [-0.4, -0.2) is 34.4 Å². The van der Waals surface area contributed by atoms with Gasteiger partial charge in [0, 0.05) is 29.1 Å². The van der Waals surface area contributed by atoms with Crippen LogP contribution in [0.1, 0.15) is 24.1 Å². The van der Waals surface area contributed by atoms with Crippen molar-refractivity contribution >= 4 is 29.4 Å². The molecule has 2 rings (SSSR count). The molecule has 0 unspecified atom stereocenters. The summed E-state index contributed by atoms with van der Waals surface area (Å²) < 4.78 is 12.8. The molecule has 0 aliphatic heterocycles. The van der Waals surface area contributed by atoms with Crippen molar-refractivity contribution in [3.05, 3.63) is 51.7 Å². The van der Waals surface area contributed by atoms with Crippen LogP contribution in [0.2, 0.25) is 0 Å². The highest BCUT2D eigenvalue weighted by atomic mass is 32.2. The van der Waals surface area contributed by atoms with Crippen LogP contribution in [0.25, 0.3) is 0 Å². The first-order valence-electron chi connectivity index (χ1n) is 8.28. The number of nitrogens with zero attached hydrogens (tertiary/aromatic N) is 1. The van der Waals surface area contributed by atoms with Gasteiger partial charge >= 0.3 is 0 Å². The Bertz CT molecular complexity index is 794. The summed E-state index contributed by atoms with van der Waals surface area (Å²) in [6.07, 6.45) is 3.30. The zero-order chi connectivity index (χ0) is 18.9. The van der Waals surface area contributed by atoms with E-state index in [2.05, 4.69) is 15.3 Å². The fourth-order valence-corrected chi connectivity index (χ4v) is 3.60. The van der Waals surface area contributed by atoms with Crippen molar-refractivity contribution in [1.82, 2.24) is 15.3 Å². The average molecular weight is 396 g/mol. The Morgan fingerprint density at radius 3 is 2.69 bits per heavy atom. The molecule has 0 spiro atoms. The van der Waals surface area contributed by atoms with Crippen LogP contribution in [0.15, 0.2) is 39.1 Å². The van der Waals surface area contributed by atoms with Gasteiger partial charge in [-0.15, -0.1) is 11.8 Å². The van der Waals surface area contributed by atoms with E-state index >= 15 is 0 Å². The van der Waals surface area contributed by atoms with Crippen LogP contribution in [-0.2, 0) is 11.2 Å². The molecule has 5 nitrogen and oxygen atoms in total. The van der Waals surface area contributed by atoms with Crippen molar-refractivity contribution < 1.29 is 9.18 Å². The van der Waals surface area contributed by atoms with Crippen molar-refractivity contribution in [2.24, 2.45) is 0 Å². The molecule has 2 aromatic rings. The smallest absolute Gasteiger partial charge is 0.254 e. The highest BCUT2D eigenvalue weighted by Crippen LogP contribution is 2.18. The molecule has 0 saturated carbocycles. The molecule has 1 heterocycles. The number of carbonyl (C=O) groups excluding carboxylic acids is 1. The fraction of sp³-hybridized carbons (Fsp3) is 0.389. The third-order valence-corrected chi connectivity index (χ3v) is 5.40. The van der Waals surface area contributed by atoms with E-state index in [-0.39, 0.29) is 23.7 Å². The quantitative estimate of drug-likeness (QED) is 0.388. The van der Waals surface area contributed by atoms with Crippen molar-refractivity contribution in [2.75, 3.05) is 18.6 Å². The number of aromatic amines is 1. The monoisotopic (exact) mass is 395 g/mol. The second-order valence-corrected chi connectivity index (χ2v) is 7.61. The number of hydrogen-bond acceptors (Lipinski definition) is 5. The number of benzene rings is 1. The summed E-state index contributed by atoms with van der Waals surface area (Å²) in [5.74, 6) is 0.517. The Balaban J connectivity index is 1.68. The summed E-state index contributed by atoms with van der Waals surface area (Å²) in [6.45, 7) is 2.36. The van der Waals surface area contributed by atoms with Gasteiger partial charge in [0.2, 0.25) is 5.91 Å². The summed E-state index contributed by atoms with van der Waals surface area (Å²) in [5, 5.41) is 3.44. The summed E-state index contributed by atoms with van der Waals surface area (Å²) in [4.78, 5) is 32.0. The molecule has 26 heavy (non-hydrogen) atoms. The molecule has 8 heteroatoms. The second-order valence-electron chi connectivity index (χ2n) is 5.65. The van der Waals surface area contributed by atoms with E-state index in [0.717, 1.165) is 17.1 Å². The molecule has 0 aliphatic carbocycles. The largest absolute Gasteiger partial charge is 0.356 e. The summed E-state index contributed by atoms with van der Waals surface area (Å²) in [6, 6.07) is 6.37. The van der Waals surface area contributed by atoms with Gasteiger partial charge in [-0.1, -0.05) is 11.8 Å². The van der Waals surface area contributed by atoms with Crippen LogP contribution in [0.5, 0.6) is 0 Å². The highest BCUT2D eigenvalue weighted by molar-refractivity contribution is 7.99. The van der Waals surface area contributed by atoms with Gasteiger partial charge < -0.3 is 10.3 Å². The maximum absolute atomic E-state index is 12.8. The lowest BCUT2D eigenvalue weighted by atomic mass is 10.1. The number of nitrogens with one attached hydrogen (secondary N) is 2. The Morgan fingerprint density at radius 1 is 1.31 bits per heavy atom. The molecule has 0 atom stereocenters. The number of hydrogen-bond donors (Lipinski definition) is 2. The molecule has 2 N–H and O–H groups in total. The number of H-pyrrole nitrogens is 1. The molecule has 0 radical (unpaired) electrons. The first kappa shape index (κ1) is 20.5. The van der Waals surface area contributed by atoms with E-state index in [4.69, 9.17) is 0 Å². The second kappa shape index (κ2) is 10.4. The lowest BCUT2D eigenvalue weighted by molar-refractivity contribution is -0.121. The topological polar surface area (TPSA) is 74.8 Å². The van der Waals surface area contributed by atoms with E-state index in [0.29, 0.717) is 29.4 Å². The fourth-order valence-electron chi connectivity index (χ4n) is 2.32. The molecule has 1 aromatic carbocycles. The first-order valence-corrected chi connectivity index (χ1v) is 10.5. The van der Waals surface area contributed by atoms with Crippen molar-refractivity contribution in [1.29, 1.82) is 0 Å². The molecular weight excluding hydrogens is 373 g/mol. The number of thioether (sulfide) groups is 2. The molecule has 1 amide bonds. The molecule has 0 saturated heterocycles. The predicted molar refractivity (Wildman–Crippen MR) is 104 cm³/mol. The first-order chi connectivity index (χ1) is 12.5. The Hall–Kier alpha value is -1.80. The lowest BCUT2D eigenvalue weighted by Gasteiger charge is -2.07. The molecule has 0 fully saturated rings. The molecule has 0 bridgehead atoms. The van der Waals surface area contributed by atoms with Crippen LogP contribution in [0, 0.1) is 12.7 Å². The van der Waals surface area contributed by atoms with Crippen molar-refractivity contribution in [2.45, 2.75) is 36.2 Å². The summed E-state index contributed by atoms with van der Waals surface area (Å²) in [5.41, 5.74) is 1.05. The van der Waals surface area contributed by atoms with Gasteiger partial charge in [-0.25, -0.2) is 9.37 Å². The number of halogens is 1. The van der Waals surface area contributed by atoms with Gasteiger partial charge in [-0.05, 0) is 56.0 Å². The normalized spacial score (nSPS) is 10.7.